The number of benzene rings is 1. The fraction of sp³-hybridized carbons (Fsp3) is 0.455. The lowest BCUT2D eigenvalue weighted by molar-refractivity contribution is 0.168. The molecule has 70 valence electrons. The van der Waals surface area contributed by atoms with E-state index in [-0.39, 0.29) is 23.8 Å². The Morgan fingerprint density at radius 3 is 2.69 bits per heavy atom. The Morgan fingerprint density at radius 2 is 2.15 bits per heavy atom. The van der Waals surface area contributed by atoms with E-state index in [0.29, 0.717) is 0 Å². The maximum atomic E-state index is 13.2. The Morgan fingerprint density at radius 1 is 1.46 bits per heavy atom. The van der Waals surface area contributed by atoms with Gasteiger partial charge in [0.05, 0.1) is 6.10 Å². The summed E-state index contributed by atoms with van der Waals surface area (Å²) in [7, 11) is 0. The monoisotopic (exact) mass is 180 g/mol. The average molecular weight is 180 g/mol. The van der Waals surface area contributed by atoms with Crippen LogP contribution in [0, 0.1) is 11.7 Å². The molecule has 1 N–H and O–H groups in total. The van der Waals surface area contributed by atoms with Crippen molar-refractivity contribution >= 4 is 0 Å². The molecule has 1 aromatic rings. The van der Waals surface area contributed by atoms with Crippen LogP contribution < -0.4 is 0 Å². The first-order valence-electron chi connectivity index (χ1n) is 4.62. The maximum Gasteiger partial charge on any atom is 0.126 e. The van der Waals surface area contributed by atoms with Crippen LogP contribution in [0.15, 0.2) is 24.3 Å². The molecule has 3 atom stereocenters. The van der Waals surface area contributed by atoms with Crippen molar-refractivity contribution in [2.24, 2.45) is 5.92 Å². The lowest BCUT2D eigenvalue weighted by Gasteiger charge is -2.03. The maximum absolute atomic E-state index is 13.2. The molecule has 1 aliphatic rings. The van der Waals surface area contributed by atoms with Gasteiger partial charge in [0.15, 0.2) is 0 Å². The zero-order chi connectivity index (χ0) is 9.42. The first-order chi connectivity index (χ1) is 6.20. The summed E-state index contributed by atoms with van der Waals surface area (Å²) < 4.78 is 13.2. The van der Waals surface area contributed by atoms with Gasteiger partial charge < -0.3 is 5.11 Å². The third-order valence-corrected chi connectivity index (χ3v) is 2.76. The van der Waals surface area contributed by atoms with E-state index in [0.717, 1.165) is 12.0 Å². The van der Waals surface area contributed by atoms with E-state index in [2.05, 4.69) is 0 Å². The standard InChI is InChI=1S/C11H13FO/c1-7(13)9-6-10(9)8-4-2-3-5-11(8)12/h2-5,7,9-10,13H,6H2,1H3/t7-,9-,10+/m0/s1. The topological polar surface area (TPSA) is 20.2 Å². The third kappa shape index (κ3) is 1.59. The van der Waals surface area contributed by atoms with E-state index in [4.69, 9.17) is 0 Å². The fourth-order valence-electron chi connectivity index (χ4n) is 1.88. The van der Waals surface area contributed by atoms with E-state index in [1.54, 1.807) is 13.0 Å². The second kappa shape index (κ2) is 3.11. The van der Waals surface area contributed by atoms with Gasteiger partial charge in [-0.25, -0.2) is 4.39 Å². The Labute approximate surface area is 77.2 Å². The molecule has 1 nitrogen and oxygen atoms in total. The highest BCUT2D eigenvalue weighted by atomic mass is 19.1. The van der Waals surface area contributed by atoms with Crippen molar-refractivity contribution in [3.05, 3.63) is 35.6 Å². The van der Waals surface area contributed by atoms with Gasteiger partial charge in [0.1, 0.15) is 5.82 Å². The molecule has 1 saturated carbocycles. The Hall–Kier alpha value is -0.890. The molecular weight excluding hydrogens is 167 g/mol. The lowest BCUT2D eigenvalue weighted by atomic mass is 10.1. The molecule has 0 bridgehead atoms. The van der Waals surface area contributed by atoms with Crippen molar-refractivity contribution in [1.82, 2.24) is 0 Å². The summed E-state index contributed by atoms with van der Waals surface area (Å²) in [5, 5.41) is 9.29. The van der Waals surface area contributed by atoms with Crippen LogP contribution >= 0.6 is 0 Å². The summed E-state index contributed by atoms with van der Waals surface area (Å²) in [5.41, 5.74) is 0.758. The van der Waals surface area contributed by atoms with Gasteiger partial charge in [-0.05, 0) is 36.8 Å². The highest BCUT2D eigenvalue weighted by molar-refractivity contribution is 5.27. The molecule has 1 aliphatic carbocycles. The van der Waals surface area contributed by atoms with E-state index < -0.39 is 0 Å². The van der Waals surface area contributed by atoms with Crippen molar-refractivity contribution in [2.75, 3.05) is 0 Å². The van der Waals surface area contributed by atoms with E-state index in [1.807, 2.05) is 12.1 Å². The van der Waals surface area contributed by atoms with Crippen molar-refractivity contribution in [2.45, 2.75) is 25.4 Å². The summed E-state index contributed by atoms with van der Waals surface area (Å²) in [6.45, 7) is 1.77. The first-order valence-corrected chi connectivity index (χ1v) is 4.62. The minimum absolute atomic E-state index is 0.143. The molecule has 0 amide bonds. The zero-order valence-electron chi connectivity index (χ0n) is 7.57. The number of aliphatic hydroxyl groups excluding tert-OH is 1. The molecule has 0 aromatic heterocycles. The second-order valence-electron chi connectivity index (χ2n) is 3.77. The molecule has 0 aliphatic heterocycles. The van der Waals surface area contributed by atoms with Crippen LogP contribution in [0.25, 0.3) is 0 Å². The minimum Gasteiger partial charge on any atom is -0.393 e. The van der Waals surface area contributed by atoms with Gasteiger partial charge in [-0.15, -0.1) is 0 Å². The predicted octanol–water partition coefficient (Wildman–Crippen LogP) is 2.31. The molecule has 0 spiro atoms. The third-order valence-electron chi connectivity index (χ3n) is 2.76. The summed E-state index contributed by atoms with van der Waals surface area (Å²) >= 11 is 0. The fourth-order valence-corrected chi connectivity index (χ4v) is 1.88. The van der Waals surface area contributed by atoms with Gasteiger partial charge in [0.2, 0.25) is 0 Å². The highest BCUT2D eigenvalue weighted by Crippen LogP contribution is 2.49. The molecule has 0 radical (unpaired) electrons. The van der Waals surface area contributed by atoms with Crippen molar-refractivity contribution in [3.8, 4) is 0 Å². The first kappa shape index (κ1) is 8.70. The predicted molar refractivity (Wildman–Crippen MR) is 48.9 cm³/mol. The Kier molecular flexibility index (Phi) is 2.08. The number of hydrogen-bond acceptors (Lipinski definition) is 1. The quantitative estimate of drug-likeness (QED) is 0.740. The van der Waals surface area contributed by atoms with E-state index >= 15 is 0 Å². The normalized spacial score (nSPS) is 28.5. The number of aliphatic hydroxyl groups is 1. The van der Waals surface area contributed by atoms with Crippen LogP contribution in [0.4, 0.5) is 4.39 Å². The highest BCUT2D eigenvalue weighted by Gasteiger charge is 2.42. The number of hydrogen-bond donors (Lipinski definition) is 1. The largest absolute Gasteiger partial charge is 0.393 e. The van der Waals surface area contributed by atoms with E-state index in [1.165, 1.54) is 6.07 Å². The molecular formula is C11H13FO. The molecule has 13 heavy (non-hydrogen) atoms. The van der Waals surface area contributed by atoms with Gasteiger partial charge in [-0.1, -0.05) is 18.2 Å². The summed E-state index contributed by atoms with van der Waals surface area (Å²) in [5.74, 6) is 0.355. The van der Waals surface area contributed by atoms with Crippen LogP contribution in [0.2, 0.25) is 0 Å². The molecule has 0 heterocycles. The van der Waals surface area contributed by atoms with Gasteiger partial charge in [0, 0.05) is 0 Å². The van der Waals surface area contributed by atoms with E-state index in [9.17, 15) is 9.50 Å². The molecule has 1 aromatic carbocycles. The Balaban J connectivity index is 2.16. The SMILES string of the molecule is C[C@H](O)[C@@H]1C[C@@H]1c1ccccc1F. The summed E-state index contributed by atoms with van der Waals surface area (Å²) in [4.78, 5) is 0. The van der Waals surface area contributed by atoms with Crippen LogP contribution in [0.3, 0.4) is 0 Å². The molecule has 0 saturated heterocycles. The van der Waals surface area contributed by atoms with Crippen LogP contribution in [-0.4, -0.2) is 11.2 Å². The molecule has 0 unspecified atom stereocenters. The van der Waals surface area contributed by atoms with Gasteiger partial charge in [-0.2, -0.15) is 0 Å². The number of rotatable bonds is 2. The average Bonchev–Trinajstić information content (AvgIpc) is 2.84. The van der Waals surface area contributed by atoms with Gasteiger partial charge in [-0.3, -0.25) is 0 Å². The van der Waals surface area contributed by atoms with Crippen LogP contribution in [-0.2, 0) is 0 Å². The summed E-state index contributed by atoms with van der Waals surface area (Å²) in [6, 6.07) is 6.82. The number of halogens is 1. The van der Waals surface area contributed by atoms with Crippen LogP contribution in [0.1, 0.15) is 24.8 Å². The molecule has 2 heteroatoms. The second-order valence-corrected chi connectivity index (χ2v) is 3.77. The van der Waals surface area contributed by atoms with Crippen molar-refractivity contribution < 1.29 is 9.50 Å². The summed E-state index contributed by atoms with van der Waals surface area (Å²) in [6.07, 6.45) is 0.600. The smallest absolute Gasteiger partial charge is 0.126 e. The van der Waals surface area contributed by atoms with Crippen molar-refractivity contribution in [3.63, 3.8) is 0 Å². The van der Waals surface area contributed by atoms with Gasteiger partial charge in [0.25, 0.3) is 0 Å². The molecule has 1 fully saturated rings. The lowest BCUT2D eigenvalue weighted by Crippen LogP contribution is -2.04. The van der Waals surface area contributed by atoms with Gasteiger partial charge >= 0.3 is 0 Å². The zero-order valence-corrected chi connectivity index (χ0v) is 7.57. The molecule has 2 rings (SSSR count). The Bertz CT molecular complexity index is 309. The minimum atomic E-state index is -0.315. The van der Waals surface area contributed by atoms with Crippen LogP contribution in [0.5, 0.6) is 0 Å². The van der Waals surface area contributed by atoms with Crippen molar-refractivity contribution in [1.29, 1.82) is 0 Å².